The number of nitrogens with zero attached hydrogens (tertiary/aromatic N) is 2. The Kier molecular flexibility index (Phi) is 3.59. The van der Waals surface area contributed by atoms with E-state index in [1.54, 1.807) is 12.4 Å². The van der Waals surface area contributed by atoms with Crippen molar-refractivity contribution < 1.29 is 4.79 Å². The smallest absolute Gasteiger partial charge is 0.255 e. The quantitative estimate of drug-likeness (QED) is 0.741. The monoisotopic (exact) mass is 282 g/mol. The predicted octanol–water partition coefficient (Wildman–Crippen LogP) is 2.39. The van der Waals surface area contributed by atoms with E-state index in [0.717, 1.165) is 31.5 Å². The van der Waals surface area contributed by atoms with E-state index >= 15 is 0 Å². The van der Waals surface area contributed by atoms with Crippen molar-refractivity contribution in [2.24, 2.45) is 0 Å². The van der Waals surface area contributed by atoms with E-state index in [2.05, 4.69) is 20.9 Å². The molecule has 0 saturated carbocycles. The minimum atomic E-state index is 0.107. The summed E-state index contributed by atoms with van der Waals surface area (Å²) in [7, 11) is 0. The third-order valence-corrected chi connectivity index (χ3v) is 3.75. The molecule has 0 atom stereocenters. The number of piperidine rings is 1. The van der Waals surface area contributed by atoms with Gasteiger partial charge < -0.3 is 4.90 Å². The molecule has 3 nitrogen and oxygen atoms in total. The Hall–Kier alpha value is -0.900. The van der Waals surface area contributed by atoms with Crippen LogP contribution < -0.4 is 0 Å². The van der Waals surface area contributed by atoms with Crippen molar-refractivity contribution in [3.63, 3.8) is 0 Å². The summed E-state index contributed by atoms with van der Waals surface area (Å²) in [6.45, 7) is 3.62. The van der Waals surface area contributed by atoms with Gasteiger partial charge in [-0.1, -0.05) is 15.9 Å². The molecule has 1 amide bonds. The lowest BCUT2D eigenvalue weighted by molar-refractivity contribution is 0.0728. The first-order chi connectivity index (χ1) is 7.66. The Labute approximate surface area is 104 Å². The average molecular weight is 283 g/mol. The normalized spacial score (nSPS) is 17.5. The molecule has 2 heterocycles. The molecular weight excluding hydrogens is 268 g/mol. The first-order valence-electron chi connectivity index (χ1n) is 5.52. The second-order valence-corrected chi connectivity index (χ2v) is 5.51. The molecule has 1 aromatic heterocycles. The molecule has 0 N–H and O–H groups in total. The van der Waals surface area contributed by atoms with Gasteiger partial charge in [0.15, 0.2) is 0 Å². The molecule has 1 fully saturated rings. The van der Waals surface area contributed by atoms with Gasteiger partial charge >= 0.3 is 0 Å². The topological polar surface area (TPSA) is 33.2 Å². The highest BCUT2D eigenvalue weighted by Crippen LogP contribution is 2.19. The number of alkyl halides is 1. The number of aromatic nitrogens is 1. The summed E-state index contributed by atoms with van der Waals surface area (Å²) in [4.78, 5) is 18.7. The largest absolute Gasteiger partial charge is 0.339 e. The summed E-state index contributed by atoms with van der Waals surface area (Å²) in [5.41, 5.74) is 1.73. The van der Waals surface area contributed by atoms with E-state index in [1.807, 2.05) is 17.9 Å². The van der Waals surface area contributed by atoms with Crippen LogP contribution in [0.1, 0.15) is 28.8 Å². The second-order valence-electron chi connectivity index (χ2n) is 4.22. The van der Waals surface area contributed by atoms with E-state index in [0.29, 0.717) is 10.4 Å². The van der Waals surface area contributed by atoms with Crippen molar-refractivity contribution >= 4 is 21.8 Å². The lowest BCUT2D eigenvalue weighted by Gasteiger charge is -2.29. The zero-order valence-electron chi connectivity index (χ0n) is 9.32. The van der Waals surface area contributed by atoms with Crippen LogP contribution in [0, 0.1) is 6.92 Å². The van der Waals surface area contributed by atoms with E-state index in [4.69, 9.17) is 0 Å². The fourth-order valence-corrected chi connectivity index (χ4v) is 2.32. The summed E-state index contributed by atoms with van der Waals surface area (Å²) >= 11 is 3.58. The fourth-order valence-electron chi connectivity index (χ4n) is 1.91. The molecule has 2 rings (SSSR count). The molecule has 1 aliphatic rings. The van der Waals surface area contributed by atoms with Crippen molar-refractivity contribution in [3.8, 4) is 0 Å². The van der Waals surface area contributed by atoms with Gasteiger partial charge in [-0.2, -0.15) is 0 Å². The summed E-state index contributed by atoms with van der Waals surface area (Å²) in [6, 6.07) is 1.90. The molecule has 0 spiro atoms. The Bertz CT molecular complexity index is 386. The van der Waals surface area contributed by atoms with Crippen LogP contribution in [0.3, 0.4) is 0 Å². The van der Waals surface area contributed by atoms with Gasteiger partial charge in [0.05, 0.1) is 5.56 Å². The number of hydrogen-bond donors (Lipinski definition) is 0. The number of carbonyl (C=O) groups excluding carboxylic acids is 1. The maximum atomic E-state index is 12.1. The number of likely N-dealkylation sites (tertiary alicyclic amines) is 1. The summed E-state index contributed by atoms with van der Waals surface area (Å²) < 4.78 is 0. The van der Waals surface area contributed by atoms with Crippen LogP contribution in [0.4, 0.5) is 0 Å². The molecule has 0 radical (unpaired) electrons. The van der Waals surface area contributed by atoms with Crippen LogP contribution in [0.15, 0.2) is 18.5 Å². The number of hydrogen-bond acceptors (Lipinski definition) is 2. The lowest BCUT2D eigenvalue weighted by atomic mass is 10.1. The number of pyridine rings is 1. The molecule has 86 valence electrons. The predicted molar refractivity (Wildman–Crippen MR) is 66.8 cm³/mol. The zero-order valence-corrected chi connectivity index (χ0v) is 10.9. The van der Waals surface area contributed by atoms with Crippen LogP contribution in [-0.2, 0) is 0 Å². The van der Waals surface area contributed by atoms with Gasteiger partial charge in [0.1, 0.15) is 0 Å². The van der Waals surface area contributed by atoms with Gasteiger partial charge in [0.25, 0.3) is 5.91 Å². The molecule has 0 bridgehead atoms. The molecule has 0 unspecified atom stereocenters. The number of rotatable bonds is 1. The van der Waals surface area contributed by atoms with Gasteiger partial charge in [-0.3, -0.25) is 9.78 Å². The highest BCUT2D eigenvalue weighted by molar-refractivity contribution is 9.09. The van der Waals surface area contributed by atoms with E-state index in [9.17, 15) is 4.79 Å². The molecular formula is C12H15BrN2O. The van der Waals surface area contributed by atoms with Crippen LogP contribution >= 0.6 is 15.9 Å². The minimum Gasteiger partial charge on any atom is -0.339 e. The van der Waals surface area contributed by atoms with Crippen molar-refractivity contribution in [1.29, 1.82) is 0 Å². The average Bonchev–Trinajstić information content (AvgIpc) is 2.29. The zero-order chi connectivity index (χ0) is 11.5. The lowest BCUT2D eigenvalue weighted by Crippen LogP contribution is -2.38. The Morgan fingerprint density at radius 1 is 1.44 bits per heavy atom. The highest BCUT2D eigenvalue weighted by Gasteiger charge is 2.22. The van der Waals surface area contributed by atoms with E-state index in [-0.39, 0.29) is 5.91 Å². The molecule has 16 heavy (non-hydrogen) atoms. The van der Waals surface area contributed by atoms with E-state index < -0.39 is 0 Å². The van der Waals surface area contributed by atoms with Crippen LogP contribution in [0.5, 0.6) is 0 Å². The van der Waals surface area contributed by atoms with Crippen molar-refractivity contribution in [3.05, 3.63) is 29.6 Å². The number of amides is 1. The molecule has 1 saturated heterocycles. The SMILES string of the molecule is Cc1cncc(C(=O)N2CCC(Br)CC2)c1. The fraction of sp³-hybridized carbons (Fsp3) is 0.500. The molecule has 1 aliphatic heterocycles. The van der Waals surface area contributed by atoms with E-state index in [1.165, 1.54) is 0 Å². The standard InChI is InChI=1S/C12H15BrN2O/c1-9-6-10(8-14-7-9)12(16)15-4-2-11(13)3-5-15/h6-8,11H,2-5H2,1H3. The van der Waals surface area contributed by atoms with Gasteiger partial charge in [-0.15, -0.1) is 0 Å². The third kappa shape index (κ3) is 2.61. The molecule has 4 heteroatoms. The third-order valence-electron chi connectivity index (χ3n) is 2.83. The van der Waals surface area contributed by atoms with Gasteiger partial charge in [0.2, 0.25) is 0 Å². The number of halogens is 1. The van der Waals surface area contributed by atoms with Crippen LogP contribution in [-0.4, -0.2) is 33.7 Å². The van der Waals surface area contributed by atoms with Crippen molar-refractivity contribution in [2.45, 2.75) is 24.6 Å². The number of carbonyl (C=O) groups is 1. The molecule has 0 aliphatic carbocycles. The Balaban J connectivity index is 2.08. The van der Waals surface area contributed by atoms with Gasteiger partial charge in [0, 0.05) is 30.3 Å². The summed E-state index contributed by atoms with van der Waals surface area (Å²) in [6.07, 6.45) is 5.48. The Morgan fingerprint density at radius 2 is 2.12 bits per heavy atom. The molecule has 0 aromatic carbocycles. The Morgan fingerprint density at radius 3 is 2.75 bits per heavy atom. The first kappa shape index (κ1) is 11.6. The van der Waals surface area contributed by atoms with Crippen molar-refractivity contribution in [1.82, 2.24) is 9.88 Å². The second kappa shape index (κ2) is 4.95. The van der Waals surface area contributed by atoms with Gasteiger partial charge in [-0.25, -0.2) is 0 Å². The highest BCUT2D eigenvalue weighted by atomic mass is 79.9. The summed E-state index contributed by atoms with van der Waals surface area (Å²) in [5.74, 6) is 0.107. The maximum absolute atomic E-state index is 12.1. The minimum absolute atomic E-state index is 0.107. The van der Waals surface area contributed by atoms with Crippen LogP contribution in [0.2, 0.25) is 0 Å². The maximum Gasteiger partial charge on any atom is 0.255 e. The van der Waals surface area contributed by atoms with Crippen molar-refractivity contribution in [2.75, 3.05) is 13.1 Å². The van der Waals surface area contributed by atoms with Crippen LogP contribution in [0.25, 0.3) is 0 Å². The molecule has 1 aromatic rings. The number of aryl methyl sites for hydroxylation is 1. The van der Waals surface area contributed by atoms with Gasteiger partial charge in [-0.05, 0) is 31.4 Å². The first-order valence-corrected chi connectivity index (χ1v) is 6.43. The summed E-state index contributed by atoms with van der Waals surface area (Å²) in [5, 5.41) is 0.